The molecule has 0 amide bonds. The van der Waals surface area contributed by atoms with Crippen molar-refractivity contribution in [3.8, 4) is 73.1 Å². The molecule has 14 rings (SSSR count). The third kappa shape index (κ3) is 6.51. The van der Waals surface area contributed by atoms with Gasteiger partial charge in [0.15, 0.2) is 5.82 Å². The molecule has 0 atom stereocenters. The molecular weight excluding hydrogens is 853 g/mol. The highest BCUT2D eigenvalue weighted by Crippen LogP contribution is 2.44. The van der Waals surface area contributed by atoms with E-state index in [9.17, 15) is 0 Å². The Morgan fingerprint density at radius 3 is 1.66 bits per heavy atom. The summed E-state index contributed by atoms with van der Waals surface area (Å²) in [6.45, 7) is 0. The second-order valence-electron chi connectivity index (χ2n) is 17.9. The smallest absolute Gasteiger partial charge is 0.160 e. The van der Waals surface area contributed by atoms with Gasteiger partial charge in [-0.15, -0.1) is 0 Å². The number of rotatable bonds is 7. The maximum atomic E-state index is 6.22. The minimum atomic E-state index is 0.661. The van der Waals surface area contributed by atoms with E-state index in [0.717, 1.165) is 111 Å². The van der Waals surface area contributed by atoms with Crippen LogP contribution < -0.4 is 0 Å². The first-order chi connectivity index (χ1) is 34.7. The predicted octanol–water partition coefficient (Wildman–Crippen LogP) is 17.2. The van der Waals surface area contributed by atoms with Gasteiger partial charge in [0.2, 0.25) is 0 Å². The van der Waals surface area contributed by atoms with Crippen molar-refractivity contribution in [2.24, 2.45) is 0 Å². The van der Waals surface area contributed by atoms with Crippen molar-refractivity contribution in [2.45, 2.75) is 0 Å². The summed E-state index contributed by atoms with van der Waals surface area (Å²) in [6, 6.07) is 85.5. The summed E-state index contributed by atoms with van der Waals surface area (Å²) in [4.78, 5) is 16.1. The Morgan fingerprint density at radius 2 is 0.886 bits per heavy atom. The van der Waals surface area contributed by atoms with Crippen molar-refractivity contribution in [3.63, 3.8) is 0 Å². The Kier molecular flexibility index (Phi) is 9.14. The molecule has 0 aliphatic carbocycles. The standard InChI is InChI=1S/C65H40N4O/c1-4-15-43(16-5-1)55-40-56(44-31-27-41(28-32-44)47-35-36-51-50-21-11-13-26-59(50)70-60(51)39-47)67-65(66-55)46-33-29-42(30-34-46)49-23-14-24-53-52-37-38-58-61(62(52)63(68-64(49)53)45-17-6-2-7-18-45)54-22-10-12-25-57(54)69(58)48-19-8-3-9-20-48/h1-40H. The zero-order chi connectivity index (χ0) is 46.1. The summed E-state index contributed by atoms with van der Waals surface area (Å²) in [6.07, 6.45) is 0. The van der Waals surface area contributed by atoms with Gasteiger partial charge in [-0.2, -0.15) is 0 Å². The van der Waals surface area contributed by atoms with Gasteiger partial charge < -0.3 is 8.98 Å². The van der Waals surface area contributed by atoms with Crippen LogP contribution in [-0.4, -0.2) is 19.5 Å². The van der Waals surface area contributed by atoms with Gasteiger partial charge in [-0.1, -0.05) is 194 Å². The molecule has 326 valence electrons. The van der Waals surface area contributed by atoms with Gasteiger partial charge in [0.1, 0.15) is 11.2 Å². The Bertz CT molecular complexity index is 4310. The average molecular weight is 893 g/mol. The van der Waals surface area contributed by atoms with Gasteiger partial charge in [-0.05, 0) is 70.6 Å². The average Bonchev–Trinajstić information content (AvgIpc) is 3.99. The van der Waals surface area contributed by atoms with E-state index in [2.05, 4.69) is 229 Å². The topological polar surface area (TPSA) is 56.7 Å². The molecule has 0 aliphatic heterocycles. The Balaban J connectivity index is 0.876. The fraction of sp³-hybridized carbons (Fsp3) is 0. The minimum Gasteiger partial charge on any atom is -0.456 e. The molecule has 0 bridgehead atoms. The van der Waals surface area contributed by atoms with E-state index < -0.39 is 0 Å². The van der Waals surface area contributed by atoms with Gasteiger partial charge in [-0.25, -0.2) is 15.0 Å². The molecule has 0 N–H and O–H groups in total. The number of nitrogens with zero attached hydrogens (tertiary/aromatic N) is 4. The lowest BCUT2D eigenvalue weighted by Crippen LogP contribution is -1.96. The Hall–Kier alpha value is -9.45. The Morgan fingerprint density at radius 1 is 0.314 bits per heavy atom. The summed E-state index contributed by atoms with van der Waals surface area (Å²) in [5.41, 5.74) is 17.3. The zero-order valence-corrected chi connectivity index (χ0v) is 37.8. The lowest BCUT2D eigenvalue weighted by molar-refractivity contribution is 0.669. The molecule has 0 aliphatic rings. The lowest BCUT2D eigenvalue weighted by Gasteiger charge is -2.15. The molecule has 0 fully saturated rings. The lowest BCUT2D eigenvalue weighted by atomic mass is 9.93. The third-order valence-electron chi connectivity index (χ3n) is 13.8. The van der Waals surface area contributed by atoms with Crippen LogP contribution in [0.2, 0.25) is 0 Å². The van der Waals surface area contributed by atoms with Crippen LogP contribution in [0.1, 0.15) is 0 Å². The molecule has 0 saturated carbocycles. The van der Waals surface area contributed by atoms with E-state index in [1.165, 1.54) is 21.7 Å². The van der Waals surface area contributed by atoms with Crippen LogP contribution >= 0.6 is 0 Å². The number of furan rings is 1. The van der Waals surface area contributed by atoms with Crippen LogP contribution in [0.5, 0.6) is 0 Å². The molecule has 4 heterocycles. The second-order valence-corrected chi connectivity index (χ2v) is 17.9. The van der Waals surface area contributed by atoms with Gasteiger partial charge in [0.25, 0.3) is 0 Å². The second kappa shape index (κ2) is 16.1. The van der Waals surface area contributed by atoms with E-state index in [1.807, 2.05) is 18.2 Å². The highest BCUT2D eigenvalue weighted by atomic mass is 16.3. The van der Waals surface area contributed by atoms with Crippen LogP contribution in [0, 0.1) is 0 Å². The van der Waals surface area contributed by atoms with Crippen molar-refractivity contribution in [2.75, 3.05) is 0 Å². The molecule has 0 radical (unpaired) electrons. The fourth-order valence-corrected chi connectivity index (χ4v) is 10.5. The first kappa shape index (κ1) is 39.7. The van der Waals surface area contributed by atoms with Crippen LogP contribution in [0.3, 0.4) is 0 Å². The van der Waals surface area contributed by atoms with E-state index in [0.29, 0.717) is 5.82 Å². The minimum absolute atomic E-state index is 0.661. The number of hydrogen-bond donors (Lipinski definition) is 0. The predicted molar refractivity (Wildman–Crippen MR) is 289 cm³/mol. The van der Waals surface area contributed by atoms with Crippen LogP contribution in [0.25, 0.3) is 139 Å². The van der Waals surface area contributed by atoms with Crippen LogP contribution in [0.15, 0.2) is 247 Å². The van der Waals surface area contributed by atoms with Crippen molar-refractivity contribution >= 4 is 65.4 Å². The first-order valence-electron chi connectivity index (χ1n) is 23.7. The van der Waals surface area contributed by atoms with Gasteiger partial charge in [-0.3, -0.25) is 0 Å². The van der Waals surface area contributed by atoms with E-state index >= 15 is 0 Å². The van der Waals surface area contributed by atoms with E-state index in [1.54, 1.807) is 0 Å². The van der Waals surface area contributed by atoms with Gasteiger partial charge in [0.05, 0.1) is 33.6 Å². The maximum absolute atomic E-state index is 6.22. The van der Waals surface area contributed by atoms with E-state index in [-0.39, 0.29) is 0 Å². The number of aromatic nitrogens is 4. The van der Waals surface area contributed by atoms with E-state index in [4.69, 9.17) is 19.4 Å². The molecule has 10 aromatic carbocycles. The van der Waals surface area contributed by atoms with Crippen LogP contribution in [0.4, 0.5) is 0 Å². The fourth-order valence-electron chi connectivity index (χ4n) is 10.5. The zero-order valence-electron chi connectivity index (χ0n) is 37.8. The normalized spacial score (nSPS) is 11.7. The molecule has 0 unspecified atom stereocenters. The monoisotopic (exact) mass is 892 g/mol. The van der Waals surface area contributed by atoms with Crippen molar-refractivity contribution < 1.29 is 4.42 Å². The maximum Gasteiger partial charge on any atom is 0.160 e. The van der Waals surface area contributed by atoms with Gasteiger partial charge in [0, 0.05) is 65.8 Å². The number of benzene rings is 10. The molecule has 4 aromatic heterocycles. The molecule has 5 nitrogen and oxygen atoms in total. The largest absolute Gasteiger partial charge is 0.456 e. The van der Waals surface area contributed by atoms with Crippen LogP contribution in [-0.2, 0) is 0 Å². The quantitative estimate of drug-likeness (QED) is 0.150. The summed E-state index contributed by atoms with van der Waals surface area (Å²) in [7, 11) is 0. The Labute approximate surface area is 403 Å². The highest BCUT2D eigenvalue weighted by molar-refractivity contribution is 6.29. The molecular formula is C65H40N4O. The number of para-hydroxylation sites is 4. The van der Waals surface area contributed by atoms with Crippen molar-refractivity contribution in [1.82, 2.24) is 19.5 Å². The summed E-state index contributed by atoms with van der Waals surface area (Å²) >= 11 is 0. The molecule has 0 spiro atoms. The molecule has 70 heavy (non-hydrogen) atoms. The number of hydrogen-bond acceptors (Lipinski definition) is 4. The summed E-state index contributed by atoms with van der Waals surface area (Å²) < 4.78 is 8.60. The van der Waals surface area contributed by atoms with Crippen molar-refractivity contribution in [1.29, 1.82) is 0 Å². The third-order valence-corrected chi connectivity index (χ3v) is 13.8. The number of fused-ring (bicyclic) bond motifs is 10. The van der Waals surface area contributed by atoms with Gasteiger partial charge >= 0.3 is 0 Å². The molecule has 5 heteroatoms. The molecule has 0 saturated heterocycles. The molecule has 14 aromatic rings. The SMILES string of the molecule is c1ccc(-c2cc(-c3ccc(-c4ccc5c(c4)oc4ccccc45)cc3)nc(-c3ccc(-c4cccc5c4nc(-c4ccccc4)c4c5ccc5c4c4ccccc4n5-c4ccccc4)cc3)n2)cc1. The summed E-state index contributed by atoms with van der Waals surface area (Å²) in [5.74, 6) is 0.661. The van der Waals surface area contributed by atoms with Crippen molar-refractivity contribution in [3.05, 3.63) is 243 Å². The first-order valence-corrected chi connectivity index (χ1v) is 23.7. The summed E-state index contributed by atoms with van der Waals surface area (Å²) in [5, 5.41) is 8.09. The highest BCUT2D eigenvalue weighted by Gasteiger charge is 2.21. The number of pyridine rings is 1.